The molecule has 1 rings (SSSR count). The summed E-state index contributed by atoms with van der Waals surface area (Å²) in [6.45, 7) is 5.05. The van der Waals surface area contributed by atoms with Crippen molar-refractivity contribution in [3.8, 4) is 0 Å². The summed E-state index contributed by atoms with van der Waals surface area (Å²) in [7, 11) is 1.72. The number of rotatable bonds is 4. The van der Waals surface area contributed by atoms with Gasteiger partial charge in [0.15, 0.2) is 0 Å². The summed E-state index contributed by atoms with van der Waals surface area (Å²) in [4.78, 5) is 0. The lowest BCUT2D eigenvalue weighted by Gasteiger charge is -2.20. The Bertz CT molecular complexity index is 323. The van der Waals surface area contributed by atoms with Gasteiger partial charge in [-0.2, -0.15) is 0 Å². The Morgan fingerprint density at radius 3 is 2.33 bits per heavy atom. The third-order valence-corrected chi connectivity index (χ3v) is 3.26. The monoisotopic (exact) mass is 246 g/mol. The molecule has 0 aliphatic heterocycles. The Labute approximate surface area is 101 Å². The quantitative estimate of drug-likeness (QED) is 0.767. The molecule has 0 spiro atoms. The lowest BCUT2D eigenvalue weighted by Crippen LogP contribution is -2.12. The number of halogens is 2. The fourth-order valence-electron chi connectivity index (χ4n) is 1.60. The molecule has 3 heteroatoms. The van der Waals surface area contributed by atoms with Gasteiger partial charge in [0.2, 0.25) is 0 Å². The smallest absolute Gasteiger partial charge is 0.0595 e. The highest BCUT2D eigenvalue weighted by molar-refractivity contribution is 6.42. The van der Waals surface area contributed by atoms with Crippen LogP contribution in [0.25, 0.3) is 0 Å². The van der Waals surface area contributed by atoms with Gasteiger partial charge in [0, 0.05) is 13.0 Å². The van der Waals surface area contributed by atoms with Gasteiger partial charge in [-0.25, -0.2) is 0 Å². The molecule has 0 bridgehead atoms. The molecule has 0 amide bonds. The minimum atomic E-state index is 0.366. The van der Waals surface area contributed by atoms with Crippen LogP contribution in [0.4, 0.5) is 0 Å². The van der Waals surface area contributed by atoms with Crippen molar-refractivity contribution in [3.63, 3.8) is 0 Å². The van der Waals surface area contributed by atoms with Gasteiger partial charge in [-0.1, -0.05) is 43.1 Å². The van der Waals surface area contributed by atoms with Crippen LogP contribution in [0.15, 0.2) is 18.2 Å². The minimum absolute atomic E-state index is 0.366. The second-order valence-electron chi connectivity index (χ2n) is 3.98. The van der Waals surface area contributed by atoms with E-state index >= 15 is 0 Å². The van der Waals surface area contributed by atoms with Crippen molar-refractivity contribution >= 4 is 23.2 Å². The number of benzene rings is 1. The number of hydrogen-bond acceptors (Lipinski definition) is 1. The molecule has 0 fully saturated rings. The van der Waals surface area contributed by atoms with Gasteiger partial charge in [-0.05, 0) is 23.6 Å². The second kappa shape index (κ2) is 5.74. The predicted molar refractivity (Wildman–Crippen MR) is 65.9 cm³/mol. The summed E-state index contributed by atoms with van der Waals surface area (Å²) in [6, 6.07) is 5.77. The average molecular weight is 247 g/mol. The Kier molecular flexibility index (Phi) is 4.91. The van der Waals surface area contributed by atoms with Crippen LogP contribution in [-0.4, -0.2) is 13.7 Å². The summed E-state index contributed by atoms with van der Waals surface area (Å²) >= 11 is 11.9. The largest absolute Gasteiger partial charge is 0.384 e. The van der Waals surface area contributed by atoms with Crippen molar-refractivity contribution < 1.29 is 4.74 Å². The second-order valence-corrected chi connectivity index (χ2v) is 4.79. The molecule has 0 saturated heterocycles. The molecule has 15 heavy (non-hydrogen) atoms. The van der Waals surface area contributed by atoms with Gasteiger partial charge in [0.25, 0.3) is 0 Å². The molecule has 1 atom stereocenters. The van der Waals surface area contributed by atoms with Crippen molar-refractivity contribution in [2.45, 2.75) is 19.8 Å². The zero-order valence-electron chi connectivity index (χ0n) is 9.26. The number of ether oxygens (including phenoxy) is 1. The summed E-state index contributed by atoms with van der Waals surface area (Å²) < 4.78 is 5.21. The molecular weight excluding hydrogens is 231 g/mol. The molecule has 1 aromatic rings. The molecule has 0 aliphatic carbocycles. The normalized spacial score (nSPS) is 13.2. The van der Waals surface area contributed by atoms with Crippen LogP contribution in [0.2, 0.25) is 10.0 Å². The van der Waals surface area contributed by atoms with Crippen LogP contribution in [-0.2, 0) is 4.74 Å². The first-order valence-electron chi connectivity index (χ1n) is 5.00. The highest BCUT2D eigenvalue weighted by Gasteiger charge is 2.16. The predicted octanol–water partition coefficient (Wildman–Crippen LogP) is 4.38. The molecular formula is C12H16Cl2O. The highest BCUT2D eigenvalue weighted by Crippen LogP contribution is 2.30. The molecule has 0 N–H and O–H groups in total. The van der Waals surface area contributed by atoms with Crippen LogP contribution in [0.1, 0.15) is 25.3 Å². The zero-order valence-corrected chi connectivity index (χ0v) is 10.8. The molecule has 0 saturated carbocycles. The van der Waals surface area contributed by atoms with Crippen molar-refractivity contribution in [2.75, 3.05) is 13.7 Å². The fourth-order valence-corrected chi connectivity index (χ4v) is 1.90. The topological polar surface area (TPSA) is 9.23 Å². The van der Waals surface area contributed by atoms with E-state index in [-0.39, 0.29) is 0 Å². The van der Waals surface area contributed by atoms with Gasteiger partial charge >= 0.3 is 0 Å². The van der Waals surface area contributed by atoms with E-state index in [2.05, 4.69) is 13.8 Å². The summed E-state index contributed by atoms with van der Waals surface area (Å²) in [5.74, 6) is 0.881. The zero-order chi connectivity index (χ0) is 11.4. The Morgan fingerprint density at radius 2 is 1.87 bits per heavy atom. The van der Waals surface area contributed by atoms with Gasteiger partial charge < -0.3 is 4.74 Å². The van der Waals surface area contributed by atoms with Crippen LogP contribution in [0, 0.1) is 5.92 Å². The van der Waals surface area contributed by atoms with E-state index in [1.807, 2.05) is 18.2 Å². The van der Waals surface area contributed by atoms with Crippen LogP contribution < -0.4 is 0 Å². The van der Waals surface area contributed by atoms with E-state index in [0.29, 0.717) is 28.5 Å². The molecule has 0 aliphatic rings. The average Bonchev–Trinajstić information content (AvgIpc) is 2.18. The van der Waals surface area contributed by atoms with Crippen molar-refractivity contribution in [1.29, 1.82) is 0 Å². The van der Waals surface area contributed by atoms with E-state index < -0.39 is 0 Å². The first kappa shape index (κ1) is 12.8. The van der Waals surface area contributed by atoms with Gasteiger partial charge in [0.1, 0.15) is 0 Å². The van der Waals surface area contributed by atoms with Crippen LogP contribution in [0.3, 0.4) is 0 Å². The standard InChI is InChI=1S/C12H16Cl2O/c1-8(2)10(7-15-3)9-4-5-11(13)12(14)6-9/h4-6,8,10H,7H2,1-3H3/t10-/m1/s1. The lowest BCUT2D eigenvalue weighted by molar-refractivity contribution is 0.162. The molecule has 0 aromatic heterocycles. The van der Waals surface area contributed by atoms with E-state index in [0.717, 1.165) is 0 Å². The Balaban J connectivity index is 2.95. The highest BCUT2D eigenvalue weighted by atomic mass is 35.5. The third kappa shape index (κ3) is 3.37. The SMILES string of the molecule is COC[C@@H](c1ccc(Cl)c(Cl)c1)C(C)C. The number of methoxy groups -OCH3 is 1. The minimum Gasteiger partial charge on any atom is -0.384 e. The molecule has 1 aromatic carbocycles. The molecule has 84 valence electrons. The summed E-state index contributed by atoms with van der Waals surface area (Å²) in [6.07, 6.45) is 0. The molecule has 0 radical (unpaired) electrons. The molecule has 0 heterocycles. The Hall–Kier alpha value is -0.240. The van der Waals surface area contributed by atoms with E-state index in [1.54, 1.807) is 7.11 Å². The lowest BCUT2D eigenvalue weighted by atomic mass is 9.89. The molecule has 0 unspecified atom stereocenters. The third-order valence-electron chi connectivity index (χ3n) is 2.52. The maximum absolute atomic E-state index is 5.99. The Morgan fingerprint density at radius 1 is 1.20 bits per heavy atom. The first-order valence-corrected chi connectivity index (χ1v) is 5.75. The summed E-state index contributed by atoms with van der Waals surface area (Å²) in [5, 5.41) is 1.20. The van der Waals surface area contributed by atoms with Crippen molar-refractivity contribution in [1.82, 2.24) is 0 Å². The number of hydrogen-bond donors (Lipinski definition) is 0. The molecule has 1 nitrogen and oxygen atoms in total. The van der Waals surface area contributed by atoms with E-state index in [9.17, 15) is 0 Å². The van der Waals surface area contributed by atoms with Crippen LogP contribution >= 0.6 is 23.2 Å². The van der Waals surface area contributed by atoms with Crippen molar-refractivity contribution in [3.05, 3.63) is 33.8 Å². The van der Waals surface area contributed by atoms with Crippen molar-refractivity contribution in [2.24, 2.45) is 5.92 Å². The van der Waals surface area contributed by atoms with Gasteiger partial charge in [-0.15, -0.1) is 0 Å². The maximum atomic E-state index is 5.99. The fraction of sp³-hybridized carbons (Fsp3) is 0.500. The maximum Gasteiger partial charge on any atom is 0.0595 e. The summed E-state index contributed by atoms with van der Waals surface area (Å²) in [5.41, 5.74) is 1.18. The van der Waals surface area contributed by atoms with E-state index in [1.165, 1.54) is 5.56 Å². The van der Waals surface area contributed by atoms with Gasteiger partial charge in [0.05, 0.1) is 16.7 Å². The van der Waals surface area contributed by atoms with E-state index in [4.69, 9.17) is 27.9 Å². The first-order chi connectivity index (χ1) is 7.06. The van der Waals surface area contributed by atoms with Crippen LogP contribution in [0.5, 0.6) is 0 Å². The van der Waals surface area contributed by atoms with Gasteiger partial charge in [-0.3, -0.25) is 0 Å².